The molecule has 0 aliphatic carbocycles. The van der Waals surface area contributed by atoms with Crippen molar-refractivity contribution in [3.8, 4) is 0 Å². The topological polar surface area (TPSA) is 61.6 Å². The third-order valence-corrected chi connectivity index (χ3v) is 1.74. The predicted molar refractivity (Wildman–Crippen MR) is 41.2 cm³/mol. The number of hydrogen-bond acceptors (Lipinski definition) is 5. The summed E-state index contributed by atoms with van der Waals surface area (Å²) in [6.45, 7) is 2.51. The molecular weight excluding hydrogens is 174 g/mol. The minimum absolute atomic E-state index is 0.156. The molecule has 2 heterocycles. The molecule has 5 nitrogen and oxygen atoms in total. The van der Waals surface area contributed by atoms with E-state index in [2.05, 4.69) is 5.16 Å². The van der Waals surface area contributed by atoms with Crippen LogP contribution in [-0.2, 0) is 9.47 Å². The fourth-order valence-corrected chi connectivity index (χ4v) is 1.10. The molecule has 0 N–H and O–H groups in total. The summed E-state index contributed by atoms with van der Waals surface area (Å²) in [6.07, 6.45) is -0.475. The molecule has 13 heavy (non-hydrogen) atoms. The van der Waals surface area contributed by atoms with Crippen molar-refractivity contribution in [2.75, 3.05) is 13.2 Å². The third kappa shape index (κ3) is 1.61. The summed E-state index contributed by atoms with van der Waals surface area (Å²) in [5.41, 5.74) is 0.516. The van der Waals surface area contributed by atoms with Gasteiger partial charge in [-0.05, 0) is 0 Å². The Kier molecular flexibility index (Phi) is 2.12. The van der Waals surface area contributed by atoms with Gasteiger partial charge in [0.05, 0.1) is 13.2 Å². The van der Waals surface area contributed by atoms with Crippen LogP contribution in [-0.4, -0.2) is 24.2 Å². The lowest BCUT2D eigenvalue weighted by Gasteiger charge is -2.01. The standard InChI is InChI=1S/C8H9NO4/c1-5(10)7-4-6(9-13-7)8-11-2-3-12-8/h4,8H,2-3H2,1H3. The minimum atomic E-state index is -0.475. The highest BCUT2D eigenvalue weighted by Crippen LogP contribution is 2.22. The Labute approximate surface area is 74.6 Å². The Morgan fingerprint density at radius 1 is 1.54 bits per heavy atom. The molecule has 1 aromatic heterocycles. The molecule has 0 saturated carbocycles. The van der Waals surface area contributed by atoms with Crippen LogP contribution in [0, 0.1) is 0 Å². The summed E-state index contributed by atoms with van der Waals surface area (Å²) in [4.78, 5) is 10.9. The Morgan fingerprint density at radius 2 is 2.23 bits per heavy atom. The number of carbonyl (C=O) groups is 1. The van der Waals surface area contributed by atoms with E-state index in [0.717, 1.165) is 0 Å². The molecule has 0 bridgehead atoms. The van der Waals surface area contributed by atoms with Crippen LogP contribution in [0.15, 0.2) is 10.6 Å². The van der Waals surface area contributed by atoms with Crippen molar-refractivity contribution in [1.29, 1.82) is 0 Å². The second-order valence-corrected chi connectivity index (χ2v) is 2.75. The second-order valence-electron chi connectivity index (χ2n) is 2.75. The van der Waals surface area contributed by atoms with Crippen LogP contribution in [0.5, 0.6) is 0 Å². The van der Waals surface area contributed by atoms with Crippen LogP contribution in [0.25, 0.3) is 0 Å². The SMILES string of the molecule is CC(=O)c1cc(C2OCCO2)no1. The molecule has 1 fully saturated rings. The van der Waals surface area contributed by atoms with Gasteiger partial charge in [-0.15, -0.1) is 0 Å². The Balaban J connectivity index is 2.16. The second kappa shape index (κ2) is 3.27. The van der Waals surface area contributed by atoms with E-state index >= 15 is 0 Å². The highest BCUT2D eigenvalue weighted by atomic mass is 16.7. The van der Waals surface area contributed by atoms with Gasteiger partial charge < -0.3 is 14.0 Å². The van der Waals surface area contributed by atoms with E-state index in [1.165, 1.54) is 6.92 Å². The maximum atomic E-state index is 10.9. The summed E-state index contributed by atoms with van der Waals surface area (Å²) in [5, 5.41) is 3.67. The average Bonchev–Trinajstić information content (AvgIpc) is 2.75. The van der Waals surface area contributed by atoms with Crippen molar-refractivity contribution in [1.82, 2.24) is 5.16 Å². The lowest BCUT2D eigenvalue weighted by Crippen LogP contribution is -1.97. The molecule has 0 atom stereocenters. The van der Waals surface area contributed by atoms with Gasteiger partial charge in [0.2, 0.25) is 12.1 Å². The van der Waals surface area contributed by atoms with E-state index in [1.807, 2.05) is 0 Å². The summed E-state index contributed by atoms with van der Waals surface area (Å²) in [6, 6.07) is 1.54. The van der Waals surface area contributed by atoms with Gasteiger partial charge in [0.1, 0.15) is 5.69 Å². The van der Waals surface area contributed by atoms with E-state index in [4.69, 9.17) is 14.0 Å². The first-order chi connectivity index (χ1) is 6.27. The lowest BCUT2D eigenvalue weighted by atomic mass is 10.3. The lowest BCUT2D eigenvalue weighted by molar-refractivity contribution is -0.0490. The third-order valence-electron chi connectivity index (χ3n) is 1.74. The molecule has 0 aromatic carbocycles. The van der Waals surface area contributed by atoms with Crippen molar-refractivity contribution in [2.45, 2.75) is 13.2 Å². The van der Waals surface area contributed by atoms with Gasteiger partial charge in [-0.1, -0.05) is 5.16 Å². The average molecular weight is 183 g/mol. The van der Waals surface area contributed by atoms with Crippen molar-refractivity contribution in [2.24, 2.45) is 0 Å². The zero-order chi connectivity index (χ0) is 9.26. The van der Waals surface area contributed by atoms with Gasteiger partial charge in [0, 0.05) is 13.0 Å². The Hall–Kier alpha value is -1.20. The van der Waals surface area contributed by atoms with Crippen molar-refractivity contribution in [3.63, 3.8) is 0 Å². The number of carbonyl (C=O) groups excluding carboxylic acids is 1. The molecule has 1 aromatic rings. The number of rotatable bonds is 2. The molecule has 0 amide bonds. The summed E-state index contributed by atoms with van der Waals surface area (Å²) < 4.78 is 15.1. The molecule has 1 aliphatic rings. The zero-order valence-electron chi connectivity index (χ0n) is 7.15. The molecule has 2 rings (SSSR count). The number of nitrogens with zero attached hydrogens (tertiary/aromatic N) is 1. The minimum Gasteiger partial charge on any atom is -0.353 e. The first-order valence-corrected chi connectivity index (χ1v) is 3.98. The largest absolute Gasteiger partial charge is 0.353 e. The molecular formula is C8H9NO4. The number of ether oxygens (including phenoxy) is 2. The van der Waals surface area contributed by atoms with Crippen LogP contribution in [0.3, 0.4) is 0 Å². The van der Waals surface area contributed by atoms with E-state index in [0.29, 0.717) is 18.9 Å². The van der Waals surface area contributed by atoms with Gasteiger partial charge in [0.25, 0.3) is 0 Å². The molecule has 5 heteroatoms. The van der Waals surface area contributed by atoms with Crippen LogP contribution in [0.2, 0.25) is 0 Å². The van der Waals surface area contributed by atoms with Crippen molar-refractivity contribution >= 4 is 5.78 Å². The maximum Gasteiger partial charge on any atom is 0.204 e. The predicted octanol–water partition coefficient (Wildman–Crippen LogP) is 0.923. The van der Waals surface area contributed by atoms with Gasteiger partial charge in [0.15, 0.2) is 5.78 Å². The van der Waals surface area contributed by atoms with Crippen molar-refractivity contribution < 1.29 is 18.8 Å². The normalized spacial score (nSPS) is 17.9. The molecule has 0 radical (unpaired) electrons. The van der Waals surface area contributed by atoms with Gasteiger partial charge in [-0.25, -0.2) is 0 Å². The van der Waals surface area contributed by atoms with Crippen LogP contribution in [0.1, 0.15) is 29.5 Å². The summed E-state index contributed by atoms with van der Waals surface area (Å²) >= 11 is 0. The highest BCUT2D eigenvalue weighted by Gasteiger charge is 2.22. The number of Topliss-reactive ketones (excluding diaryl/α,β-unsaturated/α-hetero) is 1. The molecule has 0 spiro atoms. The van der Waals surface area contributed by atoms with Crippen LogP contribution >= 0.6 is 0 Å². The Morgan fingerprint density at radius 3 is 2.77 bits per heavy atom. The molecule has 1 aliphatic heterocycles. The van der Waals surface area contributed by atoms with Gasteiger partial charge in [-0.3, -0.25) is 4.79 Å². The smallest absolute Gasteiger partial charge is 0.204 e. The molecule has 0 unspecified atom stereocenters. The quantitative estimate of drug-likeness (QED) is 0.638. The summed E-state index contributed by atoms with van der Waals surface area (Å²) in [7, 11) is 0. The van der Waals surface area contributed by atoms with Crippen LogP contribution < -0.4 is 0 Å². The number of hydrogen-bond donors (Lipinski definition) is 0. The summed E-state index contributed by atoms with van der Waals surface area (Å²) in [5.74, 6) is 0.0749. The number of aromatic nitrogens is 1. The monoisotopic (exact) mass is 183 g/mol. The van der Waals surface area contributed by atoms with E-state index in [1.54, 1.807) is 6.07 Å². The fraction of sp³-hybridized carbons (Fsp3) is 0.500. The van der Waals surface area contributed by atoms with E-state index < -0.39 is 6.29 Å². The maximum absolute atomic E-state index is 10.9. The fourth-order valence-electron chi connectivity index (χ4n) is 1.10. The van der Waals surface area contributed by atoms with Crippen molar-refractivity contribution in [3.05, 3.63) is 17.5 Å². The highest BCUT2D eigenvalue weighted by molar-refractivity contribution is 5.91. The van der Waals surface area contributed by atoms with Gasteiger partial charge >= 0.3 is 0 Å². The van der Waals surface area contributed by atoms with Crippen LogP contribution in [0.4, 0.5) is 0 Å². The first kappa shape index (κ1) is 8.40. The zero-order valence-corrected chi connectivity index (χ0v) is 7.15. The van der Waals surface area contributed by atoms with E-state index in [-0.39, 0.29) is 11.5 Å². The number of ketones is 1. The molecule has 70 valence electrons. The Bertz CT molecular complexity index is 314. The molecule has 1 saturated heterocycles. The van der Waals surface area contributed by atoms with Gasteiger partial charge in [-0.2, -0.15) is 0 Å². The first-order valence-electron chi connectivity index (χ1n) is 3.98. The van der Waals surface area contributed by atoms with E-state index in [9.17, 15) is 4.79 Å².